The molecular weight excluding hydrogens is 329 g/mol. The summed E-state index contributed by atoms with van der Waals surface area (Å²) in [6.07, 6.45) is -2.71. The zero-order valence-electron chi connectivity index (χ0n) is 12.7. The van der Waals surface area contributed by atoms with Crippen LogP contribution in [0, 0.1) is 0 Å². The van der Waals surface area contributed by atoms with Gasteiger partial charge in [0.05, 0.1) is 5.56 Å². The molecule has 0 unspecified atom stereocenters. The van der Waals surface area contributed by atoms with E-state index in [0.29, 0.717) is 11.1 Å². The quantitative estimate of drug-likeness (QED) is 0.913. The van der Waals surface area contributed by atoms with Crippen molar-refractivity contribution in [3.8, 4) is 11.1 Å². The van der Waals surface area contributed by atoms with E-state index in [0.717, 1.165) is 17.7 Å². The summed E-state index contributed by atoms with van der Waals surface area (Å²) in [4.78, 5) is 12.5. The van der Waals surface area contributed by atoms with Crippen molar-refractivity contribution in [3.05, 3.63) is 58.0 Å². The van der Waals surface area contributed by atoms with Gasteiger partial charge < -0.3 is 10.3 Å². The topological polar surface area (TPSA) is 48.0 Å². The molecule has 2 rings (SSSR count). The molecule has 3 nitrogen and oxygen atoms in total. The number of nitrogens with two attached hydrogens (primary N) is 1. The third-order valence-corrected chi connectivity index (χ3v) is 3.41. The smallest absolute Gasteiger partial charge is 0.326 e. The normalized spacial score (nSPS) is 11.4. The predicted octanol–water partition coefficient (Wildman–Crippen LogP) is 4.00. The summed E-state index contributed by atoms with van der Waals surface area (Å²) >= 11 is 0. The van der Waals surface area contributed by atoms with Crippen LogP contribution in [0.2, 0.25) is 0 Å². The number of benzene rings is 1. The highest BCUT2D eigenvalue weighted by Gasteiger charge is 2.30. The third kappa shape index (κ3) is 4.14. The fourth-order valence-corrected chi connectivity index (χ4v) is 2.20. The standard InChI is InChI=1S/C16H17F3N2O.ClH/c1-10(2)21-9-11(8-20)7-14(15(21)22)12-3-5-13(6-4-12)16(17,18)19;/h3-7,9-10H,8,20H2,1-2H3;1H. The number of nitrogens with zero attached hydrogens (tertiary/aromatic N) is 1. The lowest BCUT2D eigenvalue weighted by Gasteiger charge is -2.14. The second-order valence-corrected chi connectivity index (χ2v) is 5.35. The Balaban J connectivity index is 0.00000264. The van der Waals surface area contributed by atoms with E-state index < -0.39 is 11.7 Å². The molecule has 7 heteroatoms. The van der Waals surface area contributed by atoms with Crippen LogP contribution in [0.5, 0.6) is 0 Å². The summed E-state index contributed by atoms with van der Waals surface area (Å²) in [6, 6.07) is 6.14. The van der Waals surface area contributed by atoms with E-state index in [9.17, 15) is 18.0 Å². The van der Waals surface area contributed by atoms with Crippen molar-refractivity contribution in [2.45, 2.75) is 32.6 Å². The van der Waals surface area contributed by atoms with E-state index in [1.807, 2.05) is 13.8 Å². The first-order valence-electron chi connectivity index (χ1n) is 6.86. The Kier molecular flexibility index (Phi) is 6.02. The molecule has 0 atom stereocenters. The van der Waals surface area contributed by atoms with Gasteiger partial charge in [0.1, 0.15) is 0 Å². The maximum atomic E-state index is 12.6. The van der Waals surface area contributed by atoms with Gasteiger partial charge in [-0.05, 0) is 43.2 Å². The highest BCUT2D eigenvalue weighted by atomic mass is 35.5. The molecule has 1 aromatic carbocycles. The molecule has 0 bridgehead atoms. The Labute approximate surface area is 138 Å². The van der Waals surface area contributed by atoms with Crippen LogP contribution in [-0.4, -0.2) is 4.57 Å². The second kappa shape index (κ2) is 7.19. The SMILES string of the molecule is CC(C)n1cc(CN)cc(-c2ccc(C(F)(F)F)cc2)c1=O.Cl. The average molecular weight is 347 g/mol. The third-order valence-electron chi connectivity index (χ3n) is 3.41. The van der Waals surface area contributed by atoms with E-state index >= 15 is 0 Å². The van der Waals surface area contributed by atoms with Gasteiger partial charge in [-0.3, -0.25) is 4.79 Å². The number of hydrogen-bond donors (Lipinski definition) is 1. The molecule has 1 aromatic heterocycles. The van der Waals surface area contributed by atoms with E-state index in [-0.39, 0.29) is 30.6 Å². The van der Waals surface area contributed by atoms with Gasteiger partial charge in [-0.2, -0.15) is 13.2 Å². The monoisotopic (exact) mass is 346 g/mol. The van der Waals surface area contributed by atoms with Crippen LogP contribution in [0.4, 0.5) is 13.2 Å². The number of pyridine rings is 1. The highest BCUT2D eigenvalue weighted by Crippen LogP contribution is 2.30. The first-order chi connectivity index (χ1) is 10.2. The first kappa shape index (κ1) is 19.3. The molecular formula is C16H18ClF3N2O. The fourth-order valence-electron chi connectivity index (χ4n) is 2.20. The summed E-state index contributed by atoms with van der Waals surface area (Å²) in [5.74, 6) is 0. The van der Waals surface area contributed by atoms with Gasteiger partial charge in [0.25, 0.3) is 5.56 Å². The molecule has 126 valence electrons. The van der Waals surface area contributed by atoms with Crippen molar-refractivity contribution >= 4 is 12.4 Å². The van der Waals surface area contributed by atoms with Gasteiger partial charge in [-0.1, -0.05) is 12.1 Å². The number of alkyl halides is 3. The van der Waals surface area contributed by atoms with E-state index in [1.165, 1.54) is 16.7 Å². The van der Waals surface area contributed by atoms with Crippen molar-refractivity contribution in [3.63, 3.8) is 0 Å². The lowest BCUT2D eigenvalue weighted by Crippen LogP contribution is -2.24. The molecule has 0 saturated heterocycles. The van der Waals surface area contributed by atoms with Crippen LogP contribution in [0.3, 0.4) is 0 Å². The zero-order chi connectivity index (χ0) is 16.5. The molecule has 0 aliphatic carbocycles. The Morgan fingerprint density at radius 3 is 2.17 bits per heavy atom. The van der Waals surface area contributed by atoms with Crippen molar-refractivity contribution in [1.82, 2.24) is 4.57 Å². The summed E-state index contributed by atoms with van der Waals surface area (Å²) in [6.45, 7) is 3.97. The lowest BCUT2D eigenvalue weighted by molar-refractivity contribution is -0.137. The van der Waals surface area contributed by atoms with Gasteiger partial charge in [-0.15, -0.1) is 12.4 Å². The predicted molar refractivity (Wildman–Crippen MR) is 86.7 cm³/mol. The average Bonchev–Trinajstić information content (AvgIpc) is 2.46. The Morgan fingerprint density at radius 2 is 1.74 bits per heavy atom. The number of hydrogen-bond acceptors (Lipinski definition) is 2. The molecule has 0 spiro atoms. The van der Waals surface area contributed by atoms with Crippen LogP contribution in [-0.2, 0) is 12.7 Å². The van der Waals surface area contributed by atoms with Crippen molar-refractivity contribution in [2.75, 3.05) is 0 Å². The minimum absolute atomic E-state index is 0. The number of rotatable bonds is 3. The van der Waals surface area contributed by atoms with Crippen LogP contribution in [0.1, 0.15) is 31.0 Å². The van der Waals surface area contributed by atoms with E-state index in [1.54, 1.807) is 12.3 Å². The minimum Gasteiger partial charge on any atom is -0.326 e. The Morgan fingerprint density at radius 1 is 1.17 bits per heavy atom. The fraction of sp³-hybridized carbons (Fsp3) is 0.312. The van der Waals surface area contributed by atoms with Gasteiger partial charge in [0, 0.05) is 24.3 Å². The van der Waals surface area contributed by atoms with Crippen LogP contribution in [0.15, 0.2) is 41.3 Å². The second-order valence-electron chi connectivity index (χ2n) is 5.35. The number of aromatic nitrogens is 1. The van der Waals surface area contributed by atoms with E-state index in [4.69, 9.17) is 5.73 Å². The van der Waals surface area contributed by atoms with Gasteiger partial charge in [0.2, 0.25) is 0 Å². The summed E-state index contributed by atoms with van der Waals surface area (Å²) in [7, 11) is 0. The molecule has 0 fully saturated rings. The molecule has 0 aliphatic heterocycles. The first-order valence-corrected chi connectivity index (χ1v) is 6.86. The zero-order valence-corrected chi connectivity index (χ0v) is 13.5. The number of halogens is 4. The molecule has 0 amide bonds. The van der Waals surface area contributed by atoms with E-state index in [2.05, 4.69) is 0 Å². The largest absolute Gasteiger partial charge is 0.416 e. The van der Waals surface area contributed by atoms with Gasteiger partial charge >= 0.3 is 6.18 Å². The maximum Gasteiger partial charge on any atom is 0.416 e. The molecule has 0 aliphatic rings. The van der Waals surface area contributed by atoms with Gasteiger partial charge in [-0.25, -0.2) is 0 Å². The van der Waals surface area contributed by atoms with Crippen LogP contribution >= 0.6 is 12.4 Å². The summed E-state index contributed by atoms with van der Waals surface area (Å²) in [5.41, 5.74) is 6.20. The molecule has 23 heavy (non-hydrogen) atoms. The summed E-state index contributed by atoms with van der Waals surface area (Å²) in [5, 5.41) is 0. The molecule has 2 aromatic rings. The molecule has 0 radical (unpaired) electrons. The minimum atomic E-state index is -4.39. The van der Waals surface area contributed by atoms with Crippen molar-refractivity contribution in [1.29, 1.82) is 0 Å². The van der Waals surface area contributed by atoms with Crippen LogP contribution < -0.4 is 11.3 Å². The van der Waals surface area contributed by atoms with Crippen molar-refractivity contribution in [2.24, 2.45) is 5.73 Å². The Hall–Kier alpha value is -1.79. The maximum absolute atomic E-state index is 12.6. The van der Waals surface area contributed by atoms with Gasteiger partial charge in [0.15, 0.2) is 0 Å². The highest BCUT2D eigenvalue weighted by molar-refractivity contribution is 5.85. The summed E-state index contributed by atoms with van der Waals surface area (Å²) < 4.78 is 39.4. The Bertz CT molecular complexity index is 722. The molecule has 0 saturated carbocycles. The lowest BCUT2D eigenvalue weighted by atomic mass is 10.0. The van der Waals surface area contributed by atoms with Crippen LogP contribution in [0.25, 0.3) is 11.1 Å². The molecule has 1 heterocycles. The van der Waals surface area contributed by atoms with Crippen molar-refractivity contribution < 1.29 is 13.2 Å². The molecule has 2 N–H and O–H groups in total.